The summed E-state index contributed by atoms with van der Waals surface area (Å²) in [5, 5.41) is 3.27. The molecule has 1 aliphatic rings. The predicted octanol–water partition coefficient (Wildman–Crippen LogP) is 4.16. The van der Waals surface area contributed by atoms with Gasteiger partial charge in [-0.25, -0.2) is 17.6 Å². The average Bonchev–Trinajstić information content (AvgIpc) is 3.27. The Morgan fingerprint density at radius 2 is 1.57 bits per heavy atom. The van der Waals surface area contributed by atoms with Crippen molar-refractivity contribution >= 4 is 0 Å². The molecule has 0 heterocycles. The van der Waals surface area contributed by atoms with Crippen molar-refractivity contribution in [3.05, 3.63) is 59.2 Å². The number of benzene rings is 2. The maximum Gasteiger partial charge on any atom is 0.194 e. The van der Waals surface area contributed by atoms with Crippen LogP contribution in [0.1, 0.15) is 18.4 Å². The molecule has 21 heavy (non-hydrogen) atoms. The summed E-state index contributed by atoms with van der Waals surface area (Å²) in [6, 6.07) is 6.49. The molecule has 1 nitrogen and oxygen atoms in total. The third kappa shape index (κ3) is 3.08. The zero-order valence-electron chi connectivity index (χ0n) is 11.1. The summed E-state index contributed by atoms with van der Waals surface area (Å²) in [5.41, 5.74) is 0.850. The molecule has 0 aromatic heterocycles. The molecule has 5 heteroatoms. The van der Waals surface area contributed by atoms with Crippen LogP contribution in [0, 0.1) is 23.3 Å². The van der Waals surface area contributed by atoms with Crippen LogP contribution in [0.15, 0.2) is 30.3 Å². The Balaban J connectivity index is 1.94. The lowest BCUT2D eigenvalue weighted by Crippen LogP contribution is -2.15. The first-order valence-corrected chi connectivity index (χ1v) is 6.71. The van der Waals surface area contributed by atoms with E-state index in [-0.39, 0.29) is 11.1 Å². The summed E-state index contributed by atoms with van der Waals surface area (Å²) in [6.07, 6.45) is 2.25. The van der Waals surface area contributed by atoms with Gasteiger partial charge < -0.3 is 5.32 Å². The Labute approximate surface area is 119 Å². The van der Waals surface area contributed by atoms with Gasteiger partial charge in [-0.1, -0.05) is 6.07 Å². The van der Waals surface area contributed by atoms with Gasteiger partial charge in [0, 0.05) is 18.2 Å². The summed E-state index contributed by atoms with van der Waals surface area (Å²) >= 11 is 0. The van der Waals surface area contributed by atoms with E-state index < -0.39 is 23.3 Å². The Morgan fingerprint density at radius 3 is 2.19 bits per heavy atom. The van der Waals surface area contributed by atoms with Crippen molar-refractivity contribution in [3.8, 4) is 11.1 Å². The molecule has 0 bridgehead atoms. The molecule has 0 atom stereocenters. The van der Waals surface area contributed by atoms with Gasteiger partial charge in [0.1, 0.15) is 5.82 Å². The van der Waals surface area contributed by atoms with Crippen LogP contribution in [0.25, 0.3) is 11.1 Å². The van der Waals surface area contributed by atoms with E-state index in [0.717, 1.165) is 30.5 Å². The second kappa shape index (κ2) is 5.48. The maximum atomic E-state index is 13.9. The van der Waals surface area contributed by atoms with Gasteiger partial charge in [-0.2, -0.15) is 0 Å². The molecule has 1 N–H and O–H groups in total. The molecule has 3 rings (SSSR count). The molecule has 0 unspecified atom stereocenters. The van der Waals surface area contributed by atoms with Crippen molar-refractivity contribution in [3.63, 3.8) is 0 Å². The largest absolute Gasteiger partial charge is 0.310 e. The maximum absolute atomic E-state index is 13.9. The summed E-state index contributed by atoms with van der Waals surface area (Å²) in [5.74, 6) is -4.81. The van der Waals surface area contributed by atoms with Crippen LogP contribution in [0.4, 0.5) is 17.6 Å². The van der Waals surface area contributed by atoms with Gasteiger partial charge >= 0.3 is 0 Å². The van der Waals surface area contributed by atoms with E-state index in [0.29, 0.717) is 12.6 Å². The first-order chi connectivity index (χ1) is 10.0. The first kappa shape index (κ1) is 14.1. The quantitative estimate of drug-likeness (QED) is 0.659. The van der Waals surface area contributed by atoms with E-state index >= 15 is 0 Å². The lowest BCUT2D eigenvalue weighted by Gasteiger charge is -2.09. The summed E-state index contributed by atoms with van der Waals surface area (Å²) in [4.78, 5) is 0. The van der Waals surface area contributed by atoms with Gasteiger partial charge in [-0.05, 0) is 48.2 Å². The summed E-state index contributed by atoms with van der Waals surface area (Å²) < 4.78 is 53.4. The van der Waals surface area contributed by atoms with Crippen molar-refractivity contribution in [2.45, 2.75) is 25.4 Å². The van der Waals surface area contributed by atoms with Crippen molar-refractivity contribution in [2.24, 2.45) is 0 Å². The second-order valence-corrected chi connectivity index (χ2v) is 5.22. The molecule has 0 spiro atoms. The molecule has 0 aliphatic heterocycles. The molecule has 0 radical (unpaired) electrons. The molecule has 0 amide bonds. The highest BCUT2D eigenvalue weighted by molar-refractivity contribution is 5.65. The zero-order chi connectivity index (χ0) is 15.0. The van der Waals surface area contributed by atoms with E-state index in [9.17, 15) is 17.6 Å². The van der Waals surface area contributed by atoms with Crippen LogP contribution in [0.2, 0.25) is 0 Å². The van der Waals surface area contributed by atoms with Crippen molar-refractivity contribution in [2.75, 3.05) is 0 Å². The Morgan fingerprint density at radius 1 is 0.905 bits per heavy atom. The predicted molar refractivity (Wildman–Crippen MR) is 71.6 cm³/mol. The van der Waals surface area contributed by atoms with Crippen molar-refractivity contribution in [1.29, 1.82) is 0 Å². The molecular weight excluding hydrogens is 282 g/mol. The molecule has 1 aliphatic carbocycles. The van der Waals surface area contributed by atoms with Crippen LogP contribution in [0.3, 0.4) is 0 Å². The monoisotopic (exact) mass is 295 g/mol. The Kier molecular flexibility index (Phi) is 3.68. The topological polar surface area (TPSA) is 12.0 Å². The van der Waals surface area contributed by atoms with Gasteiger partial charge in [0.25, 0.3) is 0 Å². The molecule has 0 saturated heterocycles. The lowest BCUT2D eigenvalue weighted by molar-refractivity contribution is 0.447. The number of nitrogens with one attached hydrogen (secondary N) is 1. The number of hydrogen-bond donors (Lipinski definition) is 1. The fourth-order valence-corrected chi connectivity index (χ4v) is 2.16. The van der Waals surface area contributed by atoms with Gasteiger partial charge in [0.05, 0.1) is 0 Å². The highest BCUT2D eigenvalue weighted by Gasteiger charge is 2.20. The first-order valence-electron chi connectivity index (χ1n) is 6.71. The smallest absolute Gasteiger partial charge is 0.194 e. The third-order valence-electron chi connectivity index (χ3n) is 3.50. The minimum absolute atomic E-state index is 0.0165. The van der Waals surface area contributed by atoms with Crippen LogP contribution >= 0.6 is 0 Å². The molecule has 1 fully saturated rings. The normalized spacial score (nSPS) is 14.5. The van der Waals surface area contributed by atoms with Gasteiger partial charge in [0.15, 0.2) is 17.5 Å². The van der Waals surface area contributed by atoms with E-state index in [1.807, 2.05) is 0 Å². The van der Waals surface area contributed by atoms with E-state index in [4.69, 9.17) is 0 Å². The Hall–Kier alpha value is -1.88. The third-order valence-corrected chi connectivity index (χ3v) is 3.50. The average molecular weight is 295 g/mol. The SMILES string of the molecule is Fc1ccc(CNC2CC2)cc1-c1cc(F)c(F)c(F)c1. The minimum atomic E-state index is -1.55. The van der Waals surface area contributed by atoms with Crippen LogP contribution < -0.4 is 5.32 Å². The minimum Gasteiger partial charge on any atom is -0.310 e. The van der Waals surface area contributed by atoms with Gasteiger partial charge in [-0.3, -0.25) is 0 Å². The molecule has 110 valence electrons. The number of halogens is 4. The zero-order valence-corrected chi connectivity index (χ0v) is 11.1. The van der Waals surface area contributed by atoms with Crippen molar-refractivity contribution < 1.29 is 17.6 Å². The molecule has 2 aromatic rings. The molecular formula is C16H13F4N. The van der Waals surface area contributed by atoms with Gasteiger partial charge in [0.2, 0.25) is 0 Å². The Bertz CT molecular complexity index is 657. The van der Waals surface area contributed by atoms with Crippen molar-refractivity contribution in [1.82, 2.24) is 5.32 Å². The molecule has 1 saturated carbocycles. The van der Waals surface area contributed by atoms with E-state index in [1.54, 1.807) is 6.07 Å². The second-order valence-electron chi connectivity index (χ2n) is 5.22. The van der Waals surface area contributed by atoms with E-state index in [2.05, 4.69) is 5.32 Å². The van der Waals surface area contributed by atoms with Crippen LogP contribution in [-0.2, 0) is 6.54 Å². The van der Waals surface area contributed by atoms with E-state index in [1.165, 1.54) is 12.1 Å². The van der Waals surface area contributed by atoms with Crippen LogP contribution in [0.5, 0.6) is 0 Å². The highest BCUT2D eigenvalue weighted by atomic mass is 19.2. The number of rotatable bonds is 4. The standard InChI is InChI=1S/C16H13F4N/c17-13-4-1-9(8-21-11-2-3-11)5-12(13)10-6-14(18)16(20)15(19)7-10/h1,4-7,11,21H,2-3,8H2. The molecule has 2 aromatic carbocycles. The fourth-order valence-electron chi connectivity index (χ4n) is 2.16. The van der Waals surface area contributed by atoms with Gasteiger partial charge in [-0.15, -0.1) is 0 Å². The lowest BCUT2D eigenvalue weighted by atomic mass is 10.0. The summed E-state index contributed by atoms with van der Waals surface area (Å²) in [7, 11) is 0. The number of hydrogen-bond acceptors (Lipinski definition) is 1. The van der Waals surface area contributed by atoms with Crippen LogP contribution in [-0.4, -0.2) is 6.04 Å². The fraction of sp³-hybridized carbons (Fsp3) is 0.250. The summed E-state index contributed by atoms with van der Waals surface area (Å²) in [6.45, 7) is 0.560. The highest BCUT2D eigenvalue weighted by Crippen LogP contribution is 2.27.